The summed E-state index contributed by atoms with van der Waals surface area (Å²) in [6.07, 6.45) is 0. The summed E-state index contributed by atoms with van der Waals surface area (Å²) in [5.74, 6) is 1.33. The zero-order chi connectivity index (χ0) is 11.7. The number of thiophene rings is 1. The Morgan fingerprint density at radius 2 is 2.00 bits per heavy atom. The molecule has 3 rings (SSSR count). The van der Waals surface area contributed by atoms with Crippen molar-refractivity contribution < 1.29 is 4.57 Å². The Morgan fingerprint density at radius 1 is 1.31 bits per heavy atom. The first kappa shape index (κ1) is 10.1. The smallest absolute Gasteiger partial charge is 0.234 e. The van der Waals surface area contributed by atoms with Crippen LogP contribution in [0.15, 0.2) is 11.4 Å². The lowest BCUT2D eigenvalue weighted by Crippen LogP contribution is -2.52. The summed E-state index contributed by atoms with van der Waals surface area (Å²) in [6.45, 7) is 9.03. The minimum atomic E-state index is 0.0980. The molecule has 84 valence electrons. The quantitative estimate of drug-likeness (QED) is 0.619. The van der Waals surface area contributed by atoms with E-state index in [0.717, 1.165) is 0 Å². The van der Waals surface area contributed by atoms with Gasteiger partial charge in [0.15, 0.2) is 5.69 Å². The van der Waals surface area contributed by atoms with Crippen LogP contribution in [0.1, 0.15) is 30.9 Å². The summed E-state index contributed by atoms with van der Waals surface area (Å²) in [6, 6.07) is 2.27. The zero-order valence-corrected chi connectivity index (χ0v) is 11.3. The second kappa shape index (κ2) is 2.77. The highest BCUT2D eigenvalue weighted by atomic mass is 32.1. The molecule has 2 nitrogen and oxygen atoms in total. The summed E-state index contributed by atoms with van der Waals surface area (Å²) < 4.78 is 4.77. The zero-order valence-electron chi connectivity index (χ0n) is 10.5. The maximum Gasteiger partial charge on any atom is 0.254 e. The van der Waals surface area contributed by atoms with E-state index in [1.165, 1.54) is 27.7 Å². The number of nitrogens with zero attached hydrogens (tertiary/aromatic N) is 2. The molecule has 0 fully saturated rings. The molecule has 0 atom stereocenters. The van der Waals surface area contributed by atoms with Crippen molar-refractivity contribution in [1.29, 1.82) is 0 Å². The first-order valence-corrected chi connectivity index (χ1v) is 6.51. The van der Waals surface area contributed by atoms with E-state index in [4.69, 9.17) is 0 Å². The van der Waals surface area contributed by atoms with Crippen molar-refractivity contribution in [3.8, 4) is 10.6 Å². The molecule has 0 saturated carbocycles. The molecular weight excluding hydrogens is 216 g/mol. The van der Waals surface area contributed by atoms with Gasteiger partial charge in [-0.25, -0.2) is 9.13 Å². The van der Waals surface area contributed by atoms with E-state index < -0.39 is 0 Å². The van der Waals surface area contributed by atoms with E-state index in [1.807, 2.05) is 11.3 Å². The van der Waals surface area contributed by atoms with Gasteiger partial charge >= 0.3 is 0 Å². The van der Waals surface area contributed by atoms with Gasteiger partial charge in [0.05, 0.1) is 11.9 Å². The van der Waals surface area contributed by atoms with E-state index in [1.54, 1.807) is 0 Å². The number of hydrogen-bond donors (Lipinski definition) is 0. The standard InChI is InChI=1S/C13H17N2S/c1-8-11-12-10(6-7-16-12)13(3,4)15(11)9(2)14(8)5/h6-7H,1-5H3/q+1. The topological polar surface area (TPSA) is 8.81 Å². The molecule has 3 heterocycles. The Balaban J connectivity index is 2.48. The highest BCUT2D eigenvalue weighted by molar-refractivity contribution is 7.13. The molecule has 1 aliphatic heterocycles. The van der Waals surface area contributed by atoms with Crippen LogP contribution in [0.2, 0.25) is 0 Å². The Labute approximate surface area is 100 Å². The lowest BCUT2D eigenvalue weighted by molar-refractivity contribution is -0.736. The number of rotatable bonds is 0. The van der Waals surface area contributed by atoms with E-state index in [9.17, 15) is 0 Å². The highest BCUT2D eigenvalue weighted by Crippen LogP contribution is 2.43. The lowest BCUT2D eigenvalue weighted by atomic mass is 9.98. The second-order valence-corrected chi connectivity index (χ2v) is 6.01. The first-order valence-electron chi connectivity index (χ1n) is 5.63. The third kappa shape index (κ3) is 0.908. The summed E-state index contributed by atoms with van der Waals surface area (Å²) in [5, 5.41) is 2.21. The van der Waals surface area contributed by atoms with Gasteiger partial charge in [-0.3, -0.25) is 0 Å². The first-order chi connectivity index (χ1) is 7.46. The fourth-order valence-electron chi connectivity index (χ4n) is 2.92. The molecule has 3 heteroatoms. The minimum absolute atomic E-state index is 0.0980. The molecule has 0 amide bonds. The Morgan fingerprint density at radius 3 is 2.69 bits per heavy atom. The van der Waals surface area contributed by atoms with Gasteiger partial charge < -0.3 is 0 Å². The molecule has 16 heavy (non-hydrogen) atoms. The molecule has 0 aliphatic carbocycles. The lowest BCUT2D eigenvalue weighted by Gasteiger charge is -2.17. The number of hydrogen-bond acceptors (Lipinski definition) is 1. The number of aromatic nitrogens is 2. The largest absolute Gasteiger partial charge is 0.254 e. The van der Waals surface area contributed by atoms with Crippen molar-refractivity contribution in [3.63, 3.8) is 0 Å². The molecule has 0 N–H and O–H groups in total. The summed E-state index contributed by atoms with van der Waals surface area (Å²) in [7, 11) is 2.15. The van der Waals surface area contributed by atoms with Crippen molar-refractivity contribution >= 4 is 11.3 Å². The average Bonchev–Trinajstić information content (AvgIpc) is 2.82. The number of imidazole rings is 1. The summed E-state index contributed by atoms with van der Waals surface area (Å²) >= 11 is 1.86. The van der Waals surface area contributed by atoms with Crippen LogP contribution in [0.5, 0.6) is 0 Å². The van der Waals surface area contributed by atoms with Gasteiger partial charge in [0, 0.05) is 19.4 Å². The van der Waals surface area contributed by atoms with E-state index >= 15 is 0 Å². The molecule has 0 aromatic carbocycles. The van der Waals surface area contributed by atoms with Gasteiger partial charge in [0.25, 0.3) is 5.82 Å². The van der Waals surface area contributed by atoms with Crippen molar-refractivity contribution in [3.05, 3.63) is 28.5 Å². The third-order valence-electron chi connectivity index (χ3n) is 3.98. The Bertz CT molecular complexity index is 587. The predicted octanol–water partition coefficient (Wildman–Crippen LogP) is 2.75. The Kier molecular flexibility index (Phi) is 1.75. The maximum atomic E-state index is 2.48. The molecular formula is C13H17N2S+. The SMILES string of the molecule is Cc1c2[n+](c(C)n1C)C(C)(C)c1ccsc1-2. The van der Waals surface area contributed by atoms with Gasteiger partial charge in [-0.05, 0) is 25.3 Å². The molecule has 0 radical (unpaired) electrons. The molecule has 0 unspecified atom stereocenters. The van der Waals surface area contributed by atoms with Crippen molar-refractivity contribution in [2.24, 2.45) is 7.05 Å². The van der Waals surface area contributed by atoms with Gasteiger partial charge in [0.1, 0.15) is 11.2 Å². The van der Waals surface area contributed by atoms with Crippen LogP contribution < -0.4 is 4.57 Å². The van der Waals surface area contributed by atoms with Crippen LogP contribution in [0.4, 0.5) is 0 Å². The third-order valence-corrected chi connectivity index (χ3v) is 4.90. The van der Waals surface area contributed by atoms with Gasteiger partial charge in [-0.15, -0.1) is 11.3 Å². The maximum absolute atomic E-state index is 2.48. The highest BCUT2D eigenvalue weighted by Gasteiger charge is 2.45. The fourth-order valence-corrected chi connectivity index (χ4v) is 4.06. The second-order valence-electron chi connectivity index (χ2n) is 5.10. The molecule has 0 spiro atoms. The predicted molar refractivity (Wildman–Crippen MR) is 66.8 cm³/mol. The van der Waals surface area contributed by atoms with Gasteiger partial charge in [-0.1, -0.05) is 0 Å². The van der Waals surface area contributed by atoms with Crippen molar-refractivity contribution in [2.75, 3.05) is 0 Å². The van der Waals surface area contributed by atoms with Crippen LogP contribution in [0, 0.1) is 13.8 Å². The van der Waals surface area contributed by atoms with Crippen molar-refractivity contribution in [2.45, 2.75) is 33.2 Å². The van der Waals surface area contributed by atoms with Crippen LogP contribution in [0.3, 0.4) is 0 Å². The van der Waals surface area contributed by atoms with Gasteiger partial charge in [-0.2, -0.15) is 0 Å². The molecule has 1 aliphatic rings. The van der Waals surface area contributed by atoms with E-state index in [0.29, 0.717) is 0 Å². The van der Waals surface area contributed by atoms with Crippen LogP contribution in [-0.4, -0.2) is 4.57 Å². The minimum Gasteiger partial charge on any atom is -0.234 e. The Hall–Kier alpha value is -1.09. The monoisotopic (exact) mass is 233 g/mol. The fraction of sp³-hybridized carbons (Fsp3) is 0.462. The van der Waals surface area contributed by atoms with Gasteiger partial charge in [0.2, 0.25) is 0 Å². The van der Waals surface area contributed by atoms with Crippen LogP contribution in [0.25, 0.3) is 10.6 Å². The van der Waals surface area contributed by atoms with Crippen LogP contribution >= 0.6 is 11.3 Å². The average molecular weight is 233 g/mol. The van der Waals surface area contributed by atoms with E-state index in [2.05, 4.69) is 55.3 Å². The molecule has 0 saturated heterocycles. The normalized spacial score (nSPS) is 16.3. The van der Waals surface area contributed by atoms with E-state index in [-0.39, 0.29) is 5.54 Å². The number of fused-ring (bicyclic) bond motifs is 3. The molecule has 2 aromatic rings. The van der Waals surface area contributed by atoms with Crippen LogP contribution in [-0.2, 0) is 12.6 Å². The molecule has 0 bridgehead atoms. The summed E-state index contributed by atoms with van der Waals surface area (Å²) in [4.78, 5) is 1.45. The summed E-state index contributed by atoms with van der Waals surface area (Å²) in [5.41, 5.74) is 4.35. The molecule has 2 aromatic heterocycles. The van der Waals surface area contributed by atoms with Crippen molar-refractivity contribution in [1.82, 2.24) is 4.57 Å².